The molecule has 2 aromatic carbocycles. The number of piperidine rings is 1. The van der Waals surface area contributed by atoms with Crippen LogP contribution in [-0.4, -0.2) is 45.5 Å². The Kier molecular flexibility index (Phi) is 7.22. The summed E-state index contributed by atoms with van der Waals surface area (Å²) in [6.07, 6.45) is 3.05. The highest BCUT2D eigenvalue weighted by Crippen LogP contribution is 2.54. The zero-order valence-corrected chi connectivity index (χ0v) is 25.5. The Bertz CT molecular complexity index is 1560. The summed E-state index contributed by atoms with van der Waals surface area (Å²) in [5.74, 6) is -1.70. The number of fused-ring (bicyclic) bond motifs is 2. The number of carbonyl (C=O) groups excluding carboxylic acids is 3. The van der Waals surface area contributed by atoms with Gasteiger partial charge in [0.05, 0.1) is 16.6 Å². The molecule has 2 fully saturated rings. The Hall–Kier alpha value is -3.17. The predicted molar refractivity (Wildman–Crippen MR) is 163 cm³/mol. The smallest absolute Gasteiger partial charge is 0.308 e. The fraction of sp³-hybridized carbons (Fsp3) is 0.438. The van der Waals surface area contributed by atoms with E-state index in [1.54, 1.807) is 4.57 Å². The molecule has 0 N–H and O–H groups in total. The summed E-state index contributed by atoms with van der Waals surface area (Å²) >= 11 is 2.38. The second-order valence-electron chi connectivity index (χ2n) is 12.3. The summed E-state index contributed by atoms with van der Waals surface area (Å²) in [5.41, 5.74) is 3.62. The number of imide groups is 1. The van der Waals surface area contributed by atoms with Crippen molar-refractivity contribution in [3.8, 4) is 0 Å². The van der Waals surface area contributed by atoms with Gasteiger partial charge in [0, 0.05) is 23.9 Å². The third kappa shape index (κ3) is 4.97. The van der Waals surface area contributed by atoms with Crippen LogP contribution in [0, 0.1) is 12.8 Å². The van der Waals surface area contributed by atoms with Gasteiger partial charge < -0.3 is 4.90 Å². The topological polar surface area (TPSA) is 79.7 Å². The Labute approximate surface area is 248 Å². The van der Waals surface area contributed by atoms with Crippen LogP contribution < -0.4 is 9.77 Å². The number of likely N-dealkylation sites (tertiary alicyclic amines) is 1. The molecule has 6 rings (SSSR count). The SMILES string of the molecule is Cc1ccc(N2C(=O)C3Sc4c(sc(=O)n4CC(=O)N4CCCCC4)C(c4ccc(C(C)(C)C)cc4)C3C2=O)cc1. The maximum absolute atomic E-state index is 14.1. The second kappa shape index (κ2) is 10.6. The molecule has 4 heterocycles. The van der Waals surface area contributed by atoms with Gasteiger partial charge in [-0.1, -0.05) is 85.8 Å². The van der Waals surface area contributed by atoms with Crippen molar-refractivity contribution >= 4 is 46.5 Å². The maximum Gasteiger partial charge on any atom is 0.308 e. The van der Waals surface area contributed by atoms with Crippen LogP contribution in [0.3, 0.4) is 0 Å². The van der Waals surface area contributed by atoms with Crippen LogP contribution in [0.15, 0.2) is 58.4 Å². The molecule has 3 unspecified atom stereocenters. The van der Waals surface area contributed by atoms with E-state index in [-0.39, 0.29) is 34.6 Å². The summed E-state index contributed by atoms with van der Waals surface area (Å²) in [6.45, 7) is 9.78. The molecule has 3 aliphatic heterocycles. The monoisotopic (exact) mass is 589 g/mol. The van der Waals surface area contributed by atoms with Gasteiger partial charge in [-0.2, -0.15) is 0 Å². The van der Waals surface area contributed by atoms with Crippen LogP contribution in [0.2, 0.25) is 0 Å². The summed E-state index contributed by atoms with van der Waals surface area (Å²) in [7, 11) is 0. The van der Waals surface area contributed by atoms with Crippen LogP contribution in [0.5, 0.6) is 0 Å². The van der Waals surface area contributed by atoms with E-state index in [2.05, 4.69) is 32.9 Å². The zero-order valence-electron chi connectivity index (χ0n) is 23.9. The van der Waals surface area contributed by atoms with Gasteiger partial charge in [-0.15, -0.1) is 0 Å². The van der Waals surface area contributed by atoms with E-state index >= 15 is 0 Å². The van der Waals surface area contributed by atoms with E-state index in [4.69, 9.17) is 0 Å². The van der Waals surface area contributed by atoms with Crippen LogP contribution in [0.25, 0.3) is 0 Å². The fourth-order valence-corrected chi connectivity index (χ4v) is 8.90. The average Bonchev–Trinajstić information content (AvgIpc) is 3.40. The lowest BCUT2D eigenvalue weighted by Crippen LogP contribution is -2.39. The number of benzene rings is 2. The van der Waals surface area contributed by atoms with Gasteiger partial charge in [0.1, 0.15) is 11.8 Å². The molecule has 3 aliphatic rings. The normalized spacial score (nSPS) is 22.6. The van der Waals surface area contributed by atoms with Crippen LogP contribution in [0.4, 0.5) is 5.69 Å². The molecular formula is C32H35N3O4S2. The second-order valence-corrected chi connectivity index (χ2v) is 14.4. The van der Waals surface area contributed by atoms with Crippen molar-refractivity contribution in [2.24, 2.45) is 5.92 Å². The van der Waals surface area contributed by atoms with Crippen molar-refractivity contribution in [3.05, 3.63) is 79.8 Å². The van der Waals surface area contributed by atoms with Crippen molar-refractivity contribution in [2.45, 2.75) is 75.1 Å². The molecule has 7 nitrogen and oxygen atoms in total. The molecule has 41 heavy (non-hydrogen) atoms. The minimum Gasteiger partial charge on any atom is -0.341 e. The third-order valence-corrected chi connectivity index (χ3v) is 11.1. The quantitative estimate of drug-likeness (QED) is 0.385. The number of carbonyl (C=O) groups is 3. The summed E-state index contributed by atoms with van der Waals surface area (Å²) in [5, 5.41) is -0.0441. The largest absolute Gasteiger partial charge is 0.341 e. The standard InChI is InChI=1S/C32H35N3O4S2/c1-19-8-14-22(15-9-19)35-28(37)25-24(20-10-12-21(13-11-20)32(2,3)4)27-30(40-26(25)29(35)38)34(31(39)41-27)18-23(36)33-16-6-5-7-17-33/h8-15,24-26H,5-7,16-18H2,1-4H3. The molecule has 2 saturated heterocycles. The Balaban J connectivity index is 1.44. The van der Waals surface area contributed by atoms with E-state index in [1.165, 1.54) is 16.7 Å². The highest BCUT2D eigenvalue weighted by molar-refractivity contribution is 8.00. The molecule has 0 radical (unpaired) electrons. The van der Waals surface area contributed by atoms with Gasteiger partial charge in [0.2, 0.25) is 17.7 Å². The first-order valence-electron chi connectivity index (χ1n) is 14.3. The molecular weight excluding hydrogens is 555 g/mol. The van der Waals surface area contributed by atoms with Gasteiger partial charge in [-0.3, -0.25) is 23.7 Å². The lowest BCUT2D eigenvalue weighted by molar-refractivity contribution is -0.133. The highest BCUT2D eigenvalue weighted by Gasteiger charge is 2.56. The molecule has 3 aromatic rings. The molecule has 0 aliphatic carbocycles. The van der Waals surface area contributed by atoms with E-state index in [0.717, 1.165) is 52.2 Å². The van der Waals surface area contributed by atoms with Crippen molar-refractivity contribution in [3.63, 3.8) is 0 Å². The number of thiazole rings is 1. The number of aryl methyl sites for hydroxylation is 1. The number of nitrogens with zero attached hydrogens (tertiary/aromatic N) is 3. The predicted octanol–water partition coefficient (Wildman–Crippen LogP) is 5.32. The minimum atomic E-state index is -0.686. The maximum atomic E-state index is 14.1. The van der Waals surface area contributed by atoms with Gasteiger partial charge in [-0.05, 0) is 54.9 Å². The number of hydrogen-bond acceptors (Lipinski definition) is 6. The van der Waals surface area contributed by atoms with E-state index < -0.39 is 17.1 Å². The van der Waals surface area contributed by atoms with Crippen molar-refractivity contribution in [1.82, 2.24) is 9.47 Å². The first-order chi connectivity index (χ1) is 19.5. The Morgan fingerprint density at radius 1 is 0.902 bits per heavy atom. The molecule has 1 aromatic heterocycles. The van der Waals surface area contributed by atoms with Crippen molar-refractivity contribution < 1.29 is 14.4 Å². The molecule has 3 amide bonds. The molecule has 0 spiro atoms. The van der Waals surface area contributed by atoms with Crippen LogP contribution >= 0.6 is 23.1 Å². The van der Waals surface area contributed by atoms with Gasteiger partial charge in [-0.25, -0.2) is 4.90 Å². The van der Waals surface area contributed by atoms with E-state index in [1.807, 2.05) is 48.2 Å². The molecule has 0 saturated carbocycles. The van der Waals surface area contributed by atoms with Gasteiger partial charge >= 0.3 is 4.87 Å². The molecule has 214 valence electrons. The molecule has 9 heteroatoms. The van der Waals surface area contributed by atoms with E-state index in [9.17, 15) is 19.2 Å². The zero-order chi connectivity index (χ0) is 29.1. The molecule has 0 bridgehead atoms. The first kappa shape index (κ1) is 28.0. The van der Waals surface area contributed by atoms with Gasteiger partial charge in [0.25, 0.3) is 0 Å². The fourth-order valence-electron chi connectivity index (χ4n) is 6.13. The average molecular weight is 590 g/mol. The Morgan fingerprint density at radius 2 is 1.56 bits per heavy atom. The van der Waals surface area contributed by atoms with Crippen molar-refractivity contribution in [2.75, 3.05) is 18.0 Å². The number of thioether (sulfide) groups is 1. The summed E-state index contributed by atoms with van der Waals surface area (Å²) in [4.78, 5) is 58.3. The summed E-state index contributed by atoms with van der Waals surface area (Å²) < 4.78 is 1.54. The van der Waals surface area contributed by atoms with Crippen molar-refractivity contribution in [1.29, 1.82) is 0 Å². The van der Waals surface area contributed by atoms with Gasteiger partial charge in [0.15, 0.2) is 0 Å². The first-order valence-corrected chi connectivity index (χ1v) is 16.0. The van der Waals surface area contributed by atoms with Crippen LogP contribution in [-0.2, 0) is 26.3 Å². The number of hydrogen-bond donors (Lipinski definition) is 0. The highest BCUT2D eigenvalue weighted by atomic mass is 32.2. The van der Waals surface area contributed by atoms with E-state index in [0.29, 0.717) is 23.8 Å². The summed E-state index contributed by atoms with van der Waals surface area (Å²) in [6, 6.07) is 15.6. The third-order valence-electron chi connectivity index (χ3n) is 8.48. The lowest BCUT2D eigenvalue weighted by atomic mass is 9.81. The lowest BCUT2D eigenvalue weighted by Gasteiger charge is -2.31. The van der Waals surface area contributed by atoms with Crippen LogP contribution in [0.1, 0.15) is 67.5 Å². The minimum absolute atomic E-state index is 0.0427. The number of rotatable bonds is 4. The number of anilines is 1. The number of amides is 3. The molecule has 3 atom stereocenters. The Morgan fingerprint density at radius 3 is 2.20 bits per heavy atom. The number of aromatic nitrogens is 1.